The Kier molecular flexibility index (Phi) is 4.40. The van der Waals surface area contributed by atoms with Gasteiger partial charge in [-0.3, -0.25) is 0 Å². The highest BCUT2D eigenvalue weighted by Crippen LogP contribution is 2.23. The van der Waals surface area contributed by atoms with E-state index in [1.807, 2.05) is 17.5 Å². The molecule has 1 unspecified atom stereocenters. The van der Waals surface area contributed by atoms with E-state index in [2.05, 4.69) is 4.98 Å². The minimum Gasteiger partial charge on any atom is -0.327 e. The molecular formula is C12H12Cl2N2S. The molecule has 0 spiro atoms. The van der Waals surface area contributed by atoms with Gasteiger partial charge in [-0.1, -0.05) is 29.3 Å². The number of hydrogen-bond acceptors (Lipinski definition) is 3. The number of nitrogens with two attached hydrogens (primary N) is 1. The van der Waals surface area contributed by atoms with Gasteiger partial charge in [-0.2, -0.15) is 0 Å². The first-order chi connectivity index (χ1) is 8.15. The Hall–Kier alpha value is -0.610. The predicted molar refractivity (Wildman–Crippen MR) is 74.0 cm³/mol. The molecule has 0 saturated carbocycles. The first-order valence-electron chi connectivity index (χ1n) is 5.23. The zero-order chi connectivity index (χ0) is 12.3. The van der Waals surface area contributed by atoms with Gasteiger partial charge in [0.05, 0.1) is 15.1 Å². The maximum absolute atomic E-state index is 6.08. The molecule has 2 aromatic rings. The second kappa shape index (κ2) is 5.83. The third kappa shape index (κ3) is 3.68. The van der Waals surface area contributed by atoms with E-state index in [0.717, 1.165) is 23.4 Å². The maximum atomic E-state index is 6.08. The molecule has 0 aliphatic heterocycles. The predicted octanol–water partition coefficient (Wildman–Crippen LogP) is 3.56. The van der Waals surface area contributed by atoms with Crippen molar-refractivity contribution in [2.24, 2.45) is 5.73 Å². The topological polar surface area (TPSA) is 38.9 Å². The summed E-state index contributed by atoms with van der Waals surface area (Å²) in [5, 5.41) is 4.17. The summed E-state index contributed by atoms with van der Waals surface area (Å²) in [5.74, 6) is 0. The monoisotopic (exact) mass is 286 g/mol. The van der Waals surface area contributed by atoms with Crippen LogP contribution in [0.4, 0.5) is 0 Å². The first-order valence-corrected chi connectivity index (χ1v) is 6.86. The molecule has 2 N–H and O–H groups in total. The summed E-state index contributed by atoms with van der Waals surface area (Å²) in [7, 11) is 0. The summed E-state index contributed by atoms with van der Waals surface area (Å²) in [6.45, 7) is 0. The zero-order valence-corrected chi connectivity index (χ0v) is 11.4. The number of benzene rings is 1. The average Bonchev–Trinajstić information content (AvgIpc) is 2.76. The fourth-order valence-corrected chi connectivity index (χ4v) is 2.65. The highest BCUT2D eigenvalue weighted by molar-refractivity contribution is 7.09. The fourth-order valence-electron chi connectivity index (χ4n) is 1.62. The normalized spacial score (nSPS) is 12.6. The van der Waals surface area contributed by atoms with E-state index in [-0.39, 0.29) is 6.04 Å². The number of hydrogen-bond donors (Lipinski definition) is 1. The van der Waals surface area contributed by atoms with Gasteiger partial charge in [0.15, 0.2) is 0 Å². The van der Waals surface area contributed by atoms with Crippen LogP contribution in [-0.4, -0.2) is 11.0 Å². The fraction of sp³-hybridized carbons (Fsp3) is 0.250. The Morgan fingerprint density at radius 3 is 2.71 bits per heavy atom. The number of nitrogens with zero attached hydrogens (tertiary/aromatic N) is 1. The van der Waals surface area contributed by atoms with Gasteiger partial charge >= 0.3 is 0 Å². The molecule has 2 nitrogen and oxygen atoms in total. The Bertz CT molecular complexity index is 485. The molecule has 0 saturated heterocycles. The van der Waals surface area contributed by atoms with Crippen molar-refractivity contribution < 1.29 is 0 Å². The second-order valence-corrected chi connectivity index (χ2v) is 5.64. The van der Waals surface area contributed by atoms with E-state index < -0.39 is 0 Å². The summed E-state index contributed by atoms with van der Waals surface area (Å²) >= 11 is 13.4. The highest BCUT2D eigenvalue weighted by atomic mass is 35.5. The van der Waals surface area contributed by atoms with Crippen molar-refractivity contribution in [3.05, 3.63) is 50.4 Å². The third-order valence-corrected chi connectivity index (χ3v) is 3.94. The van der Waals surface area contributed by atoms with Gasteiger partial charge in [-0.15, -0.1) is 11.3 Å². The molecule has 2 rings (SSSR count). The van der Waals surface area contributed by atoms with Crippen molar-refractivity contribution in [1.29, 1.82) is 0 Å². The van der Waals surface area contributed by atoms with Crippen molar-refractivity contribution in [1.82, 2.24) is 4.98 Å². The molecule has 17 heavy (non-hydrogen) atoms. The Balaban J connectivity index is 1.98. The van der Waals surface area contributed by atoms with Gasteiger partial charge in [-0.05, 0) is 24.1 Å². The molecule has 5 heteroatoms. The second-order valence-electron chi connectivity index (χ2n) is 3.84. The van der Waals surface area contributed by atoms with Crippen LogP contribution in [0.1, 0.15) is 10.6 Å². The van der Waals surface area contributed by atoms with Crippen LogP contribution >= 0.6 is 34.5 Å². The minimum atomic E-state index is 0.0541. The zero-order valence-electron chi connectivity index (χ0n) is 9.07. The molecular weight excluding hydrogens is 275 g/mol. The van der Waals surface area contributed by atoms with Crippen molar-refractivity contribution in [3.8, 4) is 0 Å². The standard InChI is InChI=1S/C12H12Cl2N2S/c13-10-2-1-8(6-11(10)14)5-9(15)7-12-16-3-4-17-12/h1-4,6,9H,5,7,15H2. The highest BCUT2D eigenvalue weighted by Gasteiger charge is 2.08. The van der Waals surface area contributed by atoms with Gasteiger partial charge < -0.3 is 5.73 Å². The van der Waals surface area contributed by atoms with Crippen LogP contribution in [0.2, 0.25) is 10.0 Å². The lowest BCUT2D eigenvalue weighted by molar-refractivity contribution is 0.662. The molecule has 0 amide bonds. The molecule has 0 fully saturated rings. The average molecular weight is 287 g/mol. The summed E-state index contributed by atoms with van der Waals surface area (Å²) in [5.41, 5.74) is 7.18. The number of aromatic nitrogens is 1. The van der Waals surface area contributed by atoms with Crippen molar-refractivity contribution in [2.45, 2.75) is 18.9 Å². The molecule has 1 aromatic carbocycles. The van der Waals surface area contributed by atoms with Gasteiger partial charge in [0.2, 0.25) is 0 Å². The molecule has 1 aromatic heterocycles. The maximum Gasteiger partial charge on any atom is 0.0940 e. The summed E-state index contributed by atoms with van der Waals surface area (Å²) in [6.07, 6.45) is 3.36. The van der Waals surface area contributed by atoms with E-state index >= 15 is 0 Å². The molecule has 1 atom stereocenters. The van der Waals surface area contributed by atoms with Gasteiger partial charge in [0.1, 0.15) is 0 Å². The van der Waals surface area contributed by atoms with E-state index in [1.54, 1.807) is 23.6 Å². The molecule has 0 bridgehead atoms. The Labute approximate surface area is 114 Å². The quantitative estimate of drug-likeness (QED) is 0.933. The van der Waals surface area contributed by atoms with Crippen molar-refractivity contribution in [2.75, 3.05) is 0 Å². The van der Waals surface area contributed by atoms with Crippen LogP contribution in [0.3, 0.4) is 0 Å². The minimum absolute atomic E-state index is 0.0541. The smallest absolute Gasteiger partial charge is 0.0940 e. The van der Waals surface area contributed by atoms with E-state index in [0.29, 0.717) is 10.0 Å². The lowest BCUT2D eigenvalue weighted by atomic mass is 10.0. The van der Waals surface area contributed by atoms with Crippen LogP contribution in [0.25, 0.3) is 0 Å². The van der Waals surface area contributed by atoms with Crippen LogP contribution in [-0.2, 0) is 12.8 Å². The summed E-state index contributed by atoms with van der Waals surface area (Å²) in [6, 6.07) is 5.68. The van der Waals surface area contributed by atoms with E-state index in [1.165, 1.54) is 0 Å². The molecule has 0 radical (unpaired) electrons. The lowest BCUT2D eigenvalue weighted by Crippen LogP contribution is -2.25. The first kappa shape index (κ1) is 12.8. The van der Waals surface area contributed by atoms with Crippen molar-refractivity contribution in [3.63, 3.8) is 0 Å². The molecule has 90 valence electrons. The third-order valence-electron chi connectivity index (χ3n) is 2.40. The van der Waals surface area contributed by atoms with Gasteiger partial charge in [0.25, 0.3) is 0 Å². The Morgan fingerprint density at radius 1 is 1.24 bits per heavy atom. The number of halogens is 2. The SMILES string of the molecule is NC(Cc1ccc(Cl)c(Cl)c1)Cc1nccs1. The van der Waals surface area contributed by atoms with Crippen LogP contribution < -0.4 is 5.73 Å². The van der Waals surface area contributed by atoms with Crippen LogP contribution in [0.5, 0.6) is 0 Å². The molecule has 0 aliphatic rings. The molecule has 0 aliphatic carbocycles. The Morgan fingerprint density at radius 2 is 2.06 bits per heavy atom. The number of rotatable bonds is 4. The van der Waals surface area contributed by atoms with Crippen LogP contribution in [0.15, 0.2) is 29.8 Å². The largest absolute Gasteiger partial charge is 0.327 e. The molecule has 1 heterocycles. The number of thiazole rings is 1. The van der Waals surface area contributed by atoms with E-state index in [9.17, 15) is 0 Å². The van der Waals surface area contributed by atoms with Crippen LogP contribution in [0, 0.1) is 0 Å². The lowest BCUT2D eigenvalue weighted by Gasteiger charge is -2.10. The van der Waals surface area contributed by atoms with Gasteiger partial charge in [0, 0.05) is 24.0 Å². The van der Waals surface area contributed by atoms with E-state index in [4.69, 9.17) is 28.9 Å². The summed E-state index contributed by atoms with van der Waals surface area (Å²) in [4.78, 5) is 4.22. The van der Waals surface area contributed by atoms with Gasteiger partial charge in [-0.25, -0.2) is 4.98 Å². The summed E-state index contributed by atoms with van der Waals surface area (Å²) < 4.78 is 0. The van der Waals surface area contributed by atoms with Crippen molar-refractivity contribution >= 4 is 34.5 Å².